The SMILES string of the molecule is Cc1ccc(C(C)c2cc(C)ccc2O)cc1. The number of benzene rings is 2. The molecule has 1 heteroatoms. The van der Waals surface area contributed by atoms with Crippen molar-refractivity contribution in [2.75, 3.05) is 0 Å². The fraction of sp³-hybridized carbons (Fsp3) is 0.250. The van der Waals surface area contributed by atoms with Crippen molar-refractivity contribution in [2.24, 2.45) is 0 Å². The van der Waals surface area contributed by atoms with E-state index in [-0.39, 0.29) is 5.92 Å². The first kappa shape index (κ1) is 11.7. The summed E-state index contributed by atoms with van der Waals surface area (Å²) in [6.45, 7) is 6.25. The van der Waals surface area contributed by atoms with Crippen LogP contribution in [0.1, 0.15) is 35.1 Å². The summed E-state index contributed by atoms with van der Waals surface area (Å²) in [5.41, 5.74) is 4.66. The van der Waals surface area contributed by atoms with E-state index in [4.69, 9.17) is 0 Å². The Labute approximate surface area is 103 Å². The molecule has 2 rings (SSSR count). The lowest BCUT2D eigenvalue weighted by atomic mass is 9.91. The summed E-state index contributed by atoms with van der Waals surface area (Å²) in [7, 11) is 0. The largest absolute Gasteiger partial charge is 0.508 e. The highest BCUT2D eigenvalue weighted by Crippen LogP contribution is 2.31. The average molecular weight is 226 g/mol. The molecule has 0 aromatic heterocycles. The number of aromatic hydroxyl groups is 1. The maximum absolute atomic E-state index is 9.92. The first-order valence-electron chi connectivity index (χ1n) is 5.94. The van der Waals surface area contributed by atoms with E-state index in [0.29, 0.717) is 5.75 Å². The Balaban J connectivity index is 2.39. The molecule has 88 valence electrons. The average Bonchev–Trinajstić information content (AvgIpc) is 2.32. The van der Waals surface area contributed by atoms with E-state index in [2.05, 4.69) is 44.2 Å². The van der Waals surface area contributed by atoms with Crippen molar-refractivity contribution >= 4 is 0 Å². The summed E-state index contributed by atoms with van der Waals surface area (Å²) in [5, 5.41) is 9.92. The van der Waals surface area contributed by atoms with Crippen molar-refractivity contribution < 1.29 is 5.11 Å². The van der Waals surface area contributed by atoms with Crippen LogP contribution in [0.5, 0.6) is 5.75 Å². The molecule has 0 bridgehead atoms. The second kappa shape index (κ2) is 4.62. The first-order chi connectivity index (χ1) is 8.08. The number of hydrogen-bond donors (Lipinski definition) is 1. The predicted octanol–water partition coefficient (Wildman–Crippen LogP) is 4.16. The normalized spacial score (nSPS) is 12.4. The van der Waals surface area contributed by atoms with Crippen molar-refractivity contribution in [3.8, 4) is 5.75 Å². The van der Waals surface area contributed by atoms with Gasteiger partial charge in [0.15, 0.2) is 0 Å². The number of rotatable bonds is 2. The highest BCUT2D eigenvalue weighted by atomic mass is 16.3. The molecule has 0 aliphatic rings. The molecule has 17 heavy (non-hydrogen) atoms. The van der Waals surface area contributed by atoms with E-state index in [1.54, 1.807) is 6.07 Å². The van der Waals surface area contributed by atoms with Crippen LogP contribution in [0.3, 0.4) is 0 Å². The molecule has 2 aromatic carbocycles. The lowest BCUT2D eigenvalue weighted by Crippen LogP contribution is -1.97. The second-order valence-electron chi connectivity index (χ2n) is 4.69. The van der Waals surface area contributed by atoms with E-state index in [1.165, 1.54) is 16.7 Å². The van der Waals surface area contributed by atoms with Gasteiger partial charge in [-0.05, 0) is 25.5 Å². The van der Waals surface area contributed by atoms with Crippen molar-refractivity contribution in [1.29, 1.82) is 0 Å². The van der Waals surface area contributed by atoms with Crippen molar-refractivity contribution in [3.05, 3.63) is 64.7 Å². The Kier molecular flexibility index (Phi) is 3.19. The van der Waals surface area contributed by atoms with Gasteiger partial charge in [-0.2, -0.15) is 0 Å². The number of aryl methyl sites for hydroxylation is 2. The Morgan fingerprint density at radius 3 is 2.12 bits per heavy atom. The van der Waals surface area contributed by atoms with Gasteiger partial charge >= 0.3 is 0 Å². The fourth-order valence-electron chi connectivity index (χ4n) is 2.06. The van der Waals surface area contributed by atoms with Crippen LogP contribution in [-0.2, 0) is 0 Å². The third kappa shape index (κ3) is 2.50. The molecule has 0 aliphatic heterocycles. The molecule has 0 spiro atoms. The Morgan fingerprint density at radius 1 is 0.882 bits per heavy atom. The maximum Gasteiger partial charge on any atom is 0.119 e. The highest BCUT2D eigenvalue weighted by molar-refractivity contribution is 5.43. The predicted molar refractivity (Wildman–Crippen MR) is 71.5 cm³/mol. The minimum Gasteiger partial charge on any atom is -0.508 e. The fourth-order valence-corrected chi connectivity index (χ4v) is 2.06. The molecule has 0 fully saturated rings. The highest BCUT2D eigenvalue weighted by Gasteiger charge is 2.12. The number of phenols is 1. The summed E-state index contributed by atoms with van der Waals surface area (Å²) >= 11 is 0. The zero-order valence-electron chi connectivity index (χ0n) is 10.6. The third-order valence-electron chi connectivity index (χ3n) is 3.23. The molecule has 0 saturated heterocycles. The van der Waals surface area contributed by atoms with Crippen LogP contribution in [0.25, 0.3) is 0 Å². The molecule has 0 radical (unpaired) electrons. The Morgan fingerprint density at radius 2 is 1.47 bits per heavy atom. The van der Waals surface area contributed by atoms with Gasteiger partial charge in [-0.3, -0.25) is 0 Å². The van der Waals surface area contributed by atoms with Gasteiger partial charge in [-0.25, -0.2) is 0 Å². The zero-order valence-corrected chi connectivity index (χ0v) is 10.6. The van der Waals surface area contributed by atoms with Crippen LogP contribution in [-0.4, -0.2) is 5.11 Å². The van der Waals surface area contributed by atoms with Crippen LogP contribution < -0.4 is 0 Å². The van der Waals surface area contributed by atoms with E-state index >= 15 is 0 Å². The van der Waals surface area contributed by atoms with Gasteiger partial charge in [0.25, 0.3) is 0 Å². The smallest absolute Gasteiger partial charge is 0.119 e. The molecule has 2 aromatic rings. The molecule has 0 aliphatic carbocycles. The van der Waals surface area contributed by atoms with E-state index in [0.717, 1.165) is 5.56 Å². The van der Waals surface area contributed by atoms with Crippen molar-refractivity contribution in [3.63, 3.8) is 0 Å². The summed E-state index contributed by atoms with van der Waals surface area (Å²) in [6, 6.07) is 14.2. The Bertz CT molecular complexity index is 512. The van der Waals surface area contributed by atoms with Gasteiger partial charge < -0.3 is 5.11 Å². The van der Waals surface area contributed by atoms with Crippen LogP contribution in [0, 0.1) is 13.8 Å². The van der Waals surface area contributed by atoms with E-state index in [1.807, 2.05) is 13.0 Å². The van der Waals surface area contributed by atoms with Crippen LogP contribution in [0.2, 0.25) is 0 Å². The minimum absolute atomic E-state index is 0.218. The summed E-state index contributed by atoms with van der Waals surface area (Å²) in [4.78, 5) is 0. The van der Waals surface area contributed by atoms with Gasteiger partial charge in [0.05, 0.1) is 0 Å². The first-order valence-corrected chi connectivity index (χ1v) is 5.94. The minimum atomic E-state index is 0.218. The Hall–Kier alpha value is -1.76. The quantitative estimate of drug-likeness (QED) is 0.815. The van der Waals surface area contributed by atoms with Gasteiger partial charge in [0, 0.05) is 11.5 Å². The van der Waals surface area contributed by atoms with Gasteiger partial charge in [0.2, 0.25) is 0 Å². The molecule has 0 amide bonds. The van der Waals surface area contributed by atoms with Crippen LogP contribution >= 0.6 is 0 Å². The molecule has 0 saturated carbocycles. The van der Waals surface area contributed by atoms with Crippen molar-refractivity contribution in [2.45, 2.75) is 26.7 Å². The van der Waals surface area contributed by atoms with Gasteiger partial charge in [0.1, 0.15) is 5.75 Å². The molecule has 1 atom stereocenters. The lowest BCUT2D eigenvalue weighted by molar-refractivity contribution is 0.466. The van der Waals surface area contributed by atoms with Crippen molar-refractivity contribution in [1.82, 2.24) is 0 Å². The summed E-state index contributed by atoms with van der Waals surface area (Å²) in [5.74, 6) is 0.596. The molecular weight excluding hydrogens is 208 g/mol. The van der Waals surface area contributed by atoms with E-state index < -0.39 is 0 Å². The molecular formula is C16H18O. The number of hydrogen-bond acceptors (Lipinski definition) is 1. The van der Waals surface area contributed by atoms with Crippen LogP contribution in [0.15, 0.2) is 42.5 Å². The second-order valence-corrected chi connectivity index (χ2v) is 4.69. The van der Waals surface area contributed by atoms with Gasteiger partial charge in [-0.15, -0.1) is 0 Å². The topological polar surface area (TPSA) is 20.2 Å². The van der Waals surface area contributed by atoms with E-state index in [9.17, 15) is 5.11 Å². The zero-order chi connectivity index (χ0) is 12.4. The maximum atomic E-state index is 9.92. The monoisotopic (exact) mass is 226 g/mol. The molecule has 1 unspecified atom stereocenters. The summed E-state index contributed by atoms with van der Waals surface area (Å²) in [6.07, 6.45) is 0. The molecule has 1 nitrogen and oxygen atoms in total. The molecule has 1 N–H and O–H groups in total. The van der Waals surface area contributed by atoms with Gasteiger partial charge in [-0.1, -0.05) is 54.4 Å². The van der Waals surface area contributed by atoms with Crippen LogP contribution in [0.4, 0.5) is 0 Å². The number of phenolic OH excluding ortho intramolecular Hbond substituents is 1. The standard InChI is InChI=1S/C16H18O/c1-11-4-7-14(8-5-11)13(3)15-10-12(2)6-9-16(15)17/h4-10,13,17H,1-3H3. The summed E-state index contributed by atoms with van der Waals surface area (Å²) < 4.78 is 0. The lowest BCUT2D eigenvalue weighted by Gasteiger charge is -2.15. The molecule has 0 heterocycles. The third-order valence-corrected chi connectivity index (χ3v) is 3.23.